The number of carbonyl (C=O) groups is 1. The van der Waals surface area contributed by atoms with Crippen molar-refractivity contribution in [1.29, 1.82) is 0 Å². The van der Waals surface area contributed by atoms with E-state index in [4.69, 9.17) is 9.47 Å². The molecule has 0 atom stereocenters. The third-order valence-electron chi connectivity index (χ3n) is 3.44. The Bertz CT molecular complexity index is 893. The number of rotatable bonds is 7. The van der Waals surface area contributed by atoms with Gasteiger partial charge in [0.1, 0.15) is 0 Å². The van der Waals surface area contributed by atoms with Crippen LogP contribution in [0.2, 0.25) is 0 Å². The minimum atomic E-state index is -3.98. The zero-order chi connectivity index (χ0) is 19.3. The highest BCUT2D eigenvalue weighted by Gasteiger charge is 2.19. The van der Waals surface area contributed by atoms with Crippen molar-refractivity contribution in [1.82, 2.24) is 9.97 Å². The summed E-state index contributed by atoms with van der Waals surface area (Å²) in [7, 11) is -1.20. The lowest BCUT2D eigenvalue weighted by Crippen LogP contribution is -2.17. The second-order valence-electron chi connectivity index (χ2n) is 5.26. The van der Waals surface area contributed by atoms with Crippen LogP contribution in [0.5, 0.6) is 11.8 Å². The van der Waals surface area contributed by atoms with Gasteiger partial charge in [0, 0.05) is 12.1 Å². The lowest BCUT2D eigenvalue weighted by molar-refractivity contribution is -0.115. The molecule has 0 spiro atoms. The zero-order valence-corrected chi connectivity index (χ0v) is 15.7. The third-order valence-corrected chi connectivity index (χ3v) is 4.76. The lowest BCUT2D eigenvalue weighted by atomic mass is 10.2. The molecule has 10 heteroatoms. The molecule has 9 nitrogen and oxygen atoms in total. The van der Waals surface area contributed by atoms with Gasteiger partial charge in [0.05, 0.1) is 25.2 Å². The van der Waals surface area contributed by atoms with Crippen LogP contribution in [0.3, 0.4) is 0 Å². The number of anilines is 2. The first-order valence-electron chi connectivity index (χ1n) is 7.69. The highest BCUT2D eigenvalue weighted by atomic mass is 32.2. The number of hydrogen-bond acceptors (Lipinski definition) is 7. The molecule has 0 aliphatic heterocycles. The molecule has 2 N–H and O–H groups in total. The molecule has 0 fully saturated rings. The van der Waals surface area contributed by atoms with Crippen LogP contribution >= 0.6 is 0 Å². The summed E-state index contributed by atoms with van der Waals surface area (Å²) in [4.78, 5) is 19.4. The fourth-order valence-corrected chi connectivity index (χ4v) is 2.95. The molecule has 0 unspecified atom stereocenters. The first kappa shape index (κ1) is 19.4. The quantitative estimate of drug-likeness (QED) is 0.753. The number of aromatic nitrogens is 2. The second kappa shape index (κ2) is 8.00. The second-order valence-corrected chi connectivity index (χ2v) is 6.94. The van der Waals surface area contributed by atoms with E-state index in [9.17, 15) is 13.2 Å². The number of ether oxygens (including phenoxy) is 2. The van der Waals surface area contributed by atoms with Crippen LogP contribution in [-0.4, -0.2) is 38.5 Å². The van der Waals surface area contributed by atoms with Crippen LogP contribution < -0.4 is 19.5 Å². The molecule has 0 saturated heterocycles. The molecule has 0 radical (unpaired) electrons. The van der Waals surface area contributed by atoms with Crippen LogP contribution in [-0.2, 0) is 14.8 Å². The van der Waals surface area contributed by atoms with Crippen molar-refractivity contribution < 1.29 is 22.7 Å². The predicted molar refractivity (Wildman–Crippen MR) is 96.0 cm³/mol. The molecule has 1 aromatic carbocycles. The van der Waals surface area contributed by atoms with Gasteiger partial charge in [-0.1, -0.05) is 13.0 Å². The summed E-state index contributed by atoms with van der Waals surface area (Å²) in [6.07, 6.45) is 0.284. The smallest absolute Gasteiger partial charge is 0.264 e. The summed E-state index contributed by atoms with van der Waals surface area (Å²) in [6.45, 7) is 3.48. The minimum absolute atomic E-state index is 0.0418. The molecule has 1 aromatic heterocycles. The predicted octanol–water partition coefficient (Wildman–Crippen LogP) is 1.95. The van der Waals surface area contributed by atoms with Gasteiger partial charge in [-0.2, -0.15) is 9.97 Å². The third kappa shape index (κ3) is 4.60. The van der Waals surface area contributed by atoms with Gasteiger partial charge in [0.25, 0.3) is 10.0 Å². The maximum absolute atomic E-state index is 12.6. The van der Waals surface area contributed by atoms with E-state index in [0.29, 0.717) is 5.69 Å². The summed E-state index contributed by atoms with van der Waals surface area (Å²) in [5.41, 5.74) is 1.16. The van der Waals surface area contributed by atoms with Crippen LogP contribution in [0.25, 0.3) is 0 Å². The van der Waals surface area contributed by atoms with E-state index < -0.39 is 10.0 Å². The van der Waals surface area contributed by atoms with Crippen molar-refractivity contribution in [3.05, 3.63) is 29.8 Å². The van der Waals surface area contributed by atoms with E-state index in [2.05, 4.69) is 20.0 Å². The first-order chi connectivity index (χ1) is 12.3. The Kier molecular flexibility index (Phi) is 5.98. The molecule has 0 aliphatic carbocycles. The number of carbonyl (C=O) groups excluding carboxylic acids is 1. The Morgan fingerprint density at radius 1 is 1.12 bits per heavy atom. The maximum Gasteiger partial charge on any atom is 0.264 e. The van der Waals surface area contributed by atoms with Gasteiger partial charge >= 0.3 is 0 Å². The summed E-state index contributed by atoms with van der Waals surface area (Å²) >= 11 is 0. The number of amides is 1. The van der Waals surface area contributed by atoms with Gasteiger partial charge in [-0.25, -0.2) is 13.1 Å². The molecule has 2 rings (SSSR count). The van der Waals surface area contributed by atoms with E-state index in [1.165, 1.54) is 32.4 Å². The number of nitrogens with one attached hydrogen (secondary N) is 2. The van der Waals surface area contributed by atoms with E-state index in [1.54, 1.807) is 19.9 Å². The van der Waals surface area contributed by atoms with Crippen LogP contribution in [0.1, 0.15) is 18.9 Å². The molecule has 0 saturated carbocycles. The Hall–Kier alpha value is -2.88. The molecule has 1 heterocycles. The average molecular weight is 380 g/mol. The Morgan fingerprint density at radius 3 is 2.27 bits per heavy atom. The van der Waals surface area contributed by atoms with Crippen molar-refractivity contribution in [2.24, 2.45) is 0 Å². The molecular weight excluding hydrogens is 360 g/mol. The largest absolute Gasteiger partial charge is 0.481 e. The normalized spacial score (nSPS) is 10.9. The molecular formula is C16H20N4O5S. The minimum Gasteiger partial charge on any atom is -0.481 e. The maximum atomic E-state index is 12.6. The average Bonchev–Trinajstić information content (AvgIpc) is 2.62. The molecule has 140 valence electrons. The van der Waals surface area contributed by atoms with Crippen molar-refractivity contribution in [3.63, 3.8) is 0 Å². The Labute approximate surface area is 151 Å². The number of nitrogens with zero attached hydrogens (tertiary/aromatic N) is 2. The monoisotopic (exact) mass is 380 g/mol. The van der Waals surface area contributed by atoms with Crippen LogP contribution in [0.4, 0.5) is 11.6 Å². The van der Waals surface area contributed by atoms with Gasteiger partial charge in [-0.05, 0) is 24.6 Å². The van der Waals surface area contributed by atoms with Crippen molar-refractivity contribution >= 4 is 27.6 Å². The topological polar surface area (TPSA) is 120 Å². The highest BCUT2D eigenvalue weighted by molar-refractivity contribution is 7.92. The van der Waals surface area contributed by atoms with Gasteiger partial charge in [0.2, 0.25) is 23.6 Å². The van der Waals surface area contributed by atoms with Gasteiger partial charge < -0.3 is 14.8 Å². The van der Waals surface area contributed by atoms with Gasteiger partial charge in [0.15, 0.2) is 0 Å². The lowest BCUT2D eigenvalue weighted by Gasteiger charge is -2.12. The molecule has 0 bridgehead atoms. The summed E-state index contributed by atoms with van der Waals surface area (Å²) in [5, 5.41) is 2.67. The van der Waals surface area contributed by atoms with Crippen molar-refractivity contribution in [2.75, 3.05) is 24.3 Å². The molecule has 0 aliphatic rings. The van der Waals surface area contributed by atoms with Crippen LogP contribution in [0, 0.1) is 6.92 Å². The van der Waals surface area contributed by atoms with Gasteiger partial charge in [-0.3, -0.25) is 4.79 Å². The summed E-state index contributed by atoms with van der Waals surface area (Å²) in [5.74, 6) is -0.110. The van der Waals surface area contributed by atoms with Crippen molar-refractivity contribution in [2.45, 2.75) is 25.2 Å². The Morgan fingerprint density at radius 2 is 1.73 bits per heavy atom. The van der Waals surface area contributed by atoms with E-state index >= 15 is 0 Å². The fraction of sp³-hybridized carbons (Fsp3) is 0.312. The number of sulfonamides is 1. The molecule has 1 amide bonds. The fourth-order valence-electron chi connectivity index (χ4n) is 1.98. The molecule has 26 heavy (non-hydrogen) atoms. The van der Waals surface area contributed by atoms with Crippen molar-refractivity contribution in [3.8, 4) is 11.8 Å². The molecule has 2 aromatic rings. The number of aryl methyl sites for hydroxylation is 1. The summed E-state index contributed by atoms with van der Waals surface area (Å²) in [6, 6.07) is 5.83. The van der Waals surface area contributed by atoms with Gasteiger partial charge in [-0.15, -0.1) is 0 Å². The number of benzene rings is 1. The van der Waals surface area contributed by atoms with Crippen LogP contribution in [0.15, 0.2) is 29.2 Å². The highest BCUT2D eigenvalue weighted by Crippen LogP contribution is 2.23. The number of hydrogen-bond donors (Lipinski definition) is 2. The standard InChI is InChI=1S/C16H20N4O5S/c1-5-13(21)17-12-8-11(7-6-10(12)2)26(22,23)20-16-18-14(24-3)9-15(19-16)25-4/h6-9H,5H2,1-4H3,(H,17,21)(H,18,19,20). The first-order valence-corrected chi connectivity index (χ1v) is 9.17. The zero-order valence-electron chi connectivity index (χ0n) is 14.9. The van der Waals surface area contributed by atoms with E-state index in [0.717, 1.165) is 5.56 Å². The van der Waals surface area contributed by atoms with E-state index in [-0.39, 0.29) is 34.9 Å². The van der Waals surface area contributed by atoms with E-state index in [1.807, 2.05) is 0 Å². The Balaban J connectivity index is 2.36. The SMILES string of the molecule is CCC(=O)Nc1cc(S(=O)(=O)Nc2nc(OC)cc(OC)n2)ccc1C. The number of methoxy groups -OCH3 is 2. The summed E-state index contributed by atoms with van der Waals surface area (Å²) < 4.78 is 37.5.